The zero-order valence-electron chi connectivity index (χ0n) is 13.7. The summed E-state index contributed by atoms with van der Waals surface area (Å²) in [5, 5.41) is 6.34. The van der Waals surface area contributed by atoms with E-state index in [0.29, 0.717) is 24.9 Å². The van der Waals surface area contributed by atoms with Gasteiger partial charge in [-0.2, -0.15) is 4.98 Å². The number of benzene rings is 1. The zero-order valence-corrected chi connectivity index (χ0v) is 13.7. The molecule has 0 saturated heterocycles. The fourth-order valence-electron chi connectivity index (χ4n) is 2.11. The maximum Gasteiger partial charge on any atom is 0.224 e. The van der Waals surface area contributed by atoms with Crippen LogP contribution in [0.1, 0.15) is 5.56 Å². The monoisotopic (exact) mass is 317 g/mol. The van der Waals surface area contributed by atoms with Crippen molar-refractivity contribution in [2.24, 2.45) is 5.73 Å². The molecule has 23 heavy (non-hydrogen) atoms. The molecule has 0 aliphatic carbocycles. The van der Waals surface area contributed by atoms with Gasteiger partial charge in [-0.15, -0.1) is 0 Å². The first-order valence-electron chi connectivity index (χ1n) is 7.35. The lowest BCUT2D eigenvalue weighted by Crippen LogP contribution is -2.33. The molecule has 0 fully saturated rings. The quantitative estimate of drug-likeness (QED) is 0.684. The van der Waals surface area contributed by atoms with Crippen LogP contribution in [0.25, 0.3) is 0 Å². The van der Waals surface area contributed by atoms with Crippen molar-refractivity contribution >= 4 is 17.5 Å². The summed E-state index contributed by atoms with van der Waals surface area (Å²) in [5.41, 5.74) is 7.85. The predicted molar refractivity (Wildman–Crippen MR) is 91.4 cm³/mol. The van der Waals surface area contributed by atoms with E-state index in [4.69, 9.17) is 15.2 Å². The van der Waals surface area contributed by atoms with Crippen LogP contribution in [-0.4, -0.2) is 43.4 Å². The van der Waals surface area contributed by atoms with Gasteiger partial charge in [0.1, 0.15) is 11.6 Å². The Bertz CT molecular complexity index is 636. The van der Waals surface area contributed by atoms with Crippen molar-refractivity contribution in [3.63, 3.8) is 0 Å². The molecule has 7 nitrogen and oxygen atoms in total. The fourth-order valence-corrected chi connectivity index (χ4v) is 2.11. The Kier molecular flexibility index (Phi) is 6.13. The minimum Gasteiger partial charge on any atom is -0.496 e. The summed E-state index contributed by atoms with van der Waals surface area (Å²) in [6.45, 7) is 3.02. The lowest BCUT2D eigenvalue weighted by Gasteiger charge is -2.13. The van der Waals surface area contributed by atoms with E-state index in [2.05, 4.69) is 20.6 Å². The molecule has 0 radical (unpaired) electrons. The predicted octanol–water partition coefficient (Wildman–Crippen LogP) is 1.92. The minimum absolute atomic E-state index is 0.107. The first-order chi connectivity index (χ1) is 11.1. The smallest absolute Gasteiger partial charge is 0.224 e. The summed E-state index contributed by atoms with van der Waals surface area (Å²) in [6.07, 6.45) is 1.69. The van der Waals surface area contributed by atoms with E-state index in [-0.39, 0.29) is 6.04 Å². The second-order valence-electron chi connectivity index (χ2n) is 5.17. The number of nitrogens with one attached hydrogen (secondary N) is 2. The van der Waals surface area contributed by atoms with E-state index >= 15 is 0 Å². The van der Waals surface area contributed by atoms with Crippen molar-refractivity contribution in [1.29, 1.82) is 0 Å². The van der Waals surface area contributed by atoms with Crippen LogP contribution in [0.4, 0.5) is 17.5 Å². The van der Waals surface area contributed by atoms with Crippen molar-refractivity contribution in [3.05, 3.63) is 36.0 Å². The molecule has 0 bridgehead atoms. The number of rotatable bonds is 8. The molecule has 124 valence electrons. The molecule has 7 heteroatoms. The number of methoxy groups -OCH3 is 2. The Labute approximate surface area is 136 Å². The van der Waals surface area contributed by atoms with Crippen molar-refractivity contribution in [2.45, 2.75) is 13.0 Å². The number of anilines is 3. The maximum atomic E-state index is 5.87. The summed E-state index contributed by atoms with van der Waals surface area (Å²) in [7, 11) is 3.28. The van der Waals surface area contributed by atoms with Crippen molar-refractivity contribution in [2.75, 3.05) is 38.0 Å². The van der Waals surface area contributed by atoms with Crippen LogP contribution in [0, 0.1) is 6.92 Å². The fraction of sp³-hybridized carbons (Fsp3) is 0.375. The Hall–Kier alpha value is -2.38. The number of ether oxygens (including phenoxy) is 2. The van der Waals surface area contributed by atoms with Gasteiger partial charge >= 0.3 is 0 Å². The van der Waals surface area contributed by atoms with Crippen molar-refractivity contribution in [1.82, 2.24) is 9.97 Å². The van der Waals surface area contributed by atoms with Gasteiger partial charge in [-0.1, -0.05) is 0 Å². The zero-order chi connectivity index (χ0) is 16.7. The van der Waals surface area contributed by atoms with E-state index in [0.717, 1.165) is 17.0 Å². The third-order valence-electron chi connectivity index (χ3n) is 3.23. The summed E-state index contributed by atoms with van der Waals surface area (Å²) >= 11 is 0. The van der Waals surface area contributed by atoms with Gasteiger partial charge < -0.3 is 25.8 Å². The van der Waals surface area contributed by atoms with Gasteiger partial charge in [-0.05, 0) is 36.8 Å². The lowest BCUT2D eigenvalue weighted by atomic mass is 10.2. The number of aryl methyl sites for hydroxylation is 1. The summed E-state index contributed by atoms with van der Waals surface area (Å²) in [5.74, 6) is 2.08. The van der Waals surface area contributed by atoms with Crippen LogP contribution in [0.15, 0.2) is 30.5 Å². The summed E-state index contributed by atoms with van der Waals surface area (Å²) < 4.78 is 10.3. The molecule has 0 saturated carbocycles. The highest BCUT2D eigenvalue weighted by Gasteiger charge is 2.05. The molecular formula is C16H23N5O2. The molecule has 0 aliphatic rings. The van der Waals surface area contributed by atoms with Crippen LogP contribution in [-0.2, 0) is 4.74 Å². The second kappa shape index (κ2) is 8.30. The molecule has 0 amide bonds. The highest BCUT2D eigenvalue weighted by atomic mass is 16.5. The van der Waals surface area contributed by atoms with Gasteiger partial charge in [0.25, 0.3) is 0 Å². The number of nitrogens with zero attached hydrogens (tertiary/aromatic N) is 2. The average Bonchev–Trinajstić information content (AvgIpc) is 2.54. The average molecular weight is 317 g/mol. The summed E-state index contributed by atoms with van der Waals surface area (Å²) in [4.78, 5) is 8.59. The molecular weight excluding hydrogens is 294 g/mol. The first kappa shape index (κ1) is 17.0. The number of hydrogen-bond acceptors (Lipinski definition) is 7. The largest absolute Gasteiger partial charge is 0.496 e. The highest BCUT2D eigenvalue weighted by Crippen LogP contribution is 2.23. The molecule has 1 atom stereocenters. The Morgan fingerprint density at radius 2 is 2.09 bits per heavy atom. The molecule has 1 heterocycles. The van der Waals surface area contributed by atoms with Crippen LogP contribution in [0.3, 0.4) is 0 Å². The molecule has 4 N–H and O–H groups in total. The molecule has 0 spiro atoms. The Morgan fingerprint density at radius 1 is 1.26 bits per heavy atom. The van der Waals surface area contributed by atoms with Gasteiger partial charge in [0.15, 0.2) is 0 Å². The van der Waals surface area contributed by atoms with E-state index in [1.54, 1.807) is 26.5 Å². The Balaban J connectivity index is 2.00. The van der Waals surface area contributed by atoms with Crippen molar-refractivity contribution < 1.29 is 9.47 Å². The van der Waals surface area contributed by atoms with Crippen LogP contribution < -0.4 is 21.1 Å². The van der Waals surface area contributed by atoms with Gasteiger partial charge in [0, 0.05) is 31.6 Å². The SMILES string of the molecule is COC[C@H](N)CNc1nccc(Nc2ccc(OC)c(C)c2)n1. The third-order valence-corrected chi connectivity index (χ3v) is 3.23. The van der Waals surface area contributed by atoms with Crippen molar-refractivity contribution in [3.8, 4) is 5.75 Å². The number of aromatic nitrogens is 2. The normalized spacial score (nSPS) is 11.8. The van der Waals surface area contributed by atoms with E-state index in [9.17, 15) is 0 Å². The van der Waals surface area contributed by atoms with E-state index in [1.807, 2.05) is 25.1 Å². The molecule has 2 rings (SSSR count). The van der Waals surface area contributed by atoms with Gasteiger partial charge in [0.2, 0.25) is 5.95 Å². The number of nitrogens with two attached hydrogens (primary N) is 1. The molecule has 1 aromatic carbocycles. The molecule has 2 aromatic rings. The minimum atomic E-state index is -0.107. The lowest BCUT2D eigenvalue weighted by molar-refractivity contribution is 0.183. The van der Waals surface area contributed by atoms with Gasteiger partial charge in [-0.25, -0.2) is 4.98 Å². The standard InChI is InChI=1S/C16H23N5O2/c1-11-8-13(4-5-14(11)23-3)20-15-6-7-18-16(21-15)19-9-12(17)10-22-2/h4-8,12H,9-10,17H2,1-3H3,(H2,18,19,20,21)/t12-/m1/s1. The maximum absolute atomic E-state index is 5.87. The molecule has 1 aromatic heterocycles. The van der Waals surface area contributed by atoms with Crippen LogP contribution >= 0.6 is 0 Å². The highest BCUT2D eigenvalue weighted by molar-refractivity contribution is 5.59. The third kappa shape index (κ3) is 5.08. The first-order valence-corrected chi connectivity index (χ1v) is 7.35. The topological polar surface area (TPSA) is 94.3 Å². The summed E-state index contributed by atoms with van der Waals surface area (Å²) in [6, 6.07) is 7.56. The number of hydrogen-bond donors (Lipinski definition) is 3. The van der Waals surface area contributed by atoms with Crippen LogP contribution in [0.5, 0.6) is 5.75 Å². The second-order valence-corrected chi connectivity index (χ2v) is 5.17. The van der Waals surface area contributed by atoms with Gasteiger partial charge in [-0.3, -0.25) is 0 Å². The molecule has 0 unspecified atom stereocenters. The van der Waals surface area contributed by atoms with E-state index in [1.165, 1.54) is 0 Å². The van der Waals surface area contributed by atoms with Crippen LogP contribution in [0.2, 0.25) is 0 Å². The molecule has 0 aliphatic heterocycles. The van der Waals surface area contributed by atoms with E-state index < -0.39 is 0 Å². The Morgan fingerprint density at radius 3 is 2.78 bits per heavy atom. The van der Waals surface area contributed by atoms with Gasteiger partial charge in [0.05, 0.1) is 13.7 Å².